The minimum absolute atomic E-state index is 0.000281. The molecule has 1 aromatic heterocycles. The number of ketones is 1. The highest BCUT2D eigenvalue weighted by Gasteiger charge is 2.13. The summed E-state index contributed by atoms with van der Waals surface area (Å²) in [5.41, 5.74) is 1.31. The Bertz CT molecular complexity index is 572. The molecule has 0 N–H and O–H groups in total. The number of rotatable bonds is 4. The minimum atomic E-state index is 0.000281. The lowest BCUT2D eigenvalue weighted by Gasteiger charge is -2.08. The van der Waals surface area contributed by atoms with Gasteiger partial charge in [0.1, 0.15) is 0 Å². The number of aryl methyl sites for hydroxylation is 1. The lowest BCUT2D eigenvalue weighted by atomic mass is 10.1. The van der Waals surface area contributed by atoms with Crippen LogP contribution in [0.4, 0.5) is 0 Å². The Morgan fingerprint density at radius 1 is 1.06 bits per heavy atom. The monoisotopic (exact) mass is 262 g/mol. The molecule has 0 aliphatic rings. The highest BCUT2D eigenvalue weighted by molar-refractivity contribution is 7.10. The predicted octanol–water partition coefficient (Wildman–Crippen LogP) is 3.30. The maximum Gasteiger partial charge on any atom is 0.194 e. The first-order chi connectivity index (χ1) is 8.65. The molecule has 2 rings (SSSR count). The van der Waals surface area contributed by atoms with Crippen LogP contribution in [0.3, 0.4) is 0 Å². The number of carbonyl (C=O) groups is 1. The second-order valence-electron chi connectivity index (χ2n) is 3.84. The zero-order chi connectivity index (χ0) is 13.1. The predicted molar refractivity (Wildman–Crippen MR) is 72.0 cm³/mol. The van der Waals surface area contributed by atoms with Crippen LogP contribution in [0, 0.1) is 6.92 Å². The summed E-state index contributed by atoms with van der Waals surface area (Å²) in [4.78, 5) is 13.4. The molecule has 18 heavy (non-hydrogen) atoms. The molecule has 0 saturated carbocycles. The standard InChI is InChI=1S/C14H14O3S/c1-9-6-11(8-18-9)14(15)10-4-5-12(16-2)13(7-10)17-3/h4-8H,1-3H3. The fourth-order valence-corrected chi connectivity index (χ4v) is 2.39. The van der Waals surface area contributed by atoms with E-state index in [1.54, 1.807) is 43.8 Å². The molecular formula is C14H14O3S. The number of hydrogen-bond donors (Lipinski definition) is 0. The van der Waals surface area contributed by atoms with E-state index in [4.69, 9.17) is 9.47 Å². The molecule has 94 valence electrons. The third-order valence-corrected chi connectivity index (χ3v) is 3.50. The fraction of sp³-hybridized carbons (Fsp3) is 0.214. The lowest BCUT2D eigenvalue weighted by molar-refractivity contribution is 0.103. The van der Waals surface area contributed by atoms with Crippen molar-refractivity contribution in [2.75, 3.05) is 14.2 Å². The number of thiophene rings is 1. The second-order valence-corrected chi connectivity index (χ2v) is 4.96. The maximum absolute atomic E-state index is 12.2. The van der Waals surface area contributed by atoms with Crippen LogP contribution in [0.2, 0.25) is 0 Å². The van der Waals surface area contributed by atoms with Gasteiger partial charge in [-0.05, 0) is 31.2 Å². The maximum atomic E-state index is 12.2. The number of methoxy groups -OCH3 is 2. The van der Waals surface area contributed by atoms with Crippen LogP contribution < -0.4 is 9.47 Å². The van der Waals surface area contributed by atoms with E-state index in [1.807, 2.05) is 18.4 Å². The van der Waals surface area contributed by atoms with Crippen molar-refractivity contribution in [3.8, 4) is 11.5 Å². The average molecular weight is 262 g/mol. The van der Waals surface area contributed by atoms with Gasteiger partial charge in [0.15, 0.2) is 17.3 Å². The van der Waals surface area contributed by atoms with Crippen LogP contribution in [0.1, 0.15) is 20.8 Å². The average Bonchev–Trinajstić information content (AvgIpc) is 2.83. The summed E-state index contributed by atoms with van der Waals surface area (Å²) in [6.45, 7) is 1.98. The Balaban J connectivity index is 2.36. The molecule has 0 atom stereocenters. The quantitative estimate of drug-likeness (QED) is 0.793. The molecule has 0 aliphatic carbocycles. The van der Waals surface area contributed by atoms with Gasteiger partial charge >= 0.3 is 0 Å². The topological polar surface area (TPSA) is 35.5 Å². The van der Waals surface area contributed by atoms with E-state index in [9.17, 15) is 4.79 Å². The fourth-order valence-electron chi connectivity index (χ4n) is 1.71. The van der Waals surface area contributed by atoms with Crippen molar-refractivity contribution in [2.45, 2.75) is 6.92 Å². The van der Waals surface area contributed by atoms with Gasteiger partial charge in [0.05, 0.1) is 14.2 Å². The van der Waals surface area contributed by atoms with Gasteiger partial charge in [-0.2, -0.15) is 0 Å². The van der Waals surface area contributed by atoms with E-state index in [1.165, 1.54) is 0 Å². The van der Waals surface area contributed by atoms with Crippen molar-refractivity contribution in [3.05, 3.63) is 45.6 Å². The zero-order valence-electron chi connectivity index (χ0n) is 10.5. The first kappa shape index (κ1) is 12.6. The summed E-state index contributed by atoms with van der Waals surface area (Å²) in [6.07, 6.45) is 0. The summed E-state index contributed by atoms with van der Waals surface area (Å²) in [5.74, 6) is 1.19. The van der Waals surface area contributed by atoms with Gasteiger partial charge in [0.2, 0.25) is 0 Å². The number of ether oxygens (including phenoxy) is 2. The van der Waals surface area contributed by atoms with E-state index >= 15 is 0 Å². The molecule has 0 spiro atoms. The molecule has 0 fully saturated rings. The van der Waals surface area contributed by atoms with Crippen LogP contribution in [0.15, 0.2) is 29.6 Å². The van der Waals surface area contributed by atoms with Crippen molar-refractivity contribution in [1.82, 2.24) is 0 Å². The van der Waals surface area contributed by atoms with Crippen molar-refractivity contribution < 1.29 is 14.3 Å². The molecule has 0 saturated heterocycles. The Labute approximate surface area is 110 Å². The summed E-state index contributed by atoms with van der Waals surface area (Å²) in [7, 11) is 3.13. The lowest BCUT2D eigenvalue weighted by Crippen LogP contribution is -2.01. The van der Waals surface area contributed by atoms with Crippen molar-refractivity contribution in [2.24, 2.45) is 0 Å². The molecule has 2 aromatic rings. The second kappa shape index (κ2) is 5.23. The summed E-state index contributed by atoms with van der Waals surface area (Å²) in [5, 5.41) is 1.87. The molecule has 1 aromatic carbocycles. The van der Waals surface area contributed by atoms with Crippen LogP contribution in [0.25, 0.3) is 0 Å². The summed E-state index contributed by atoms with van der Waals surface area (Å²) in [6, 6.07) is 7.08. The van der Waals surface area contributed by atoms with Gasteiger partial charge in [0.25, 0.3) is 0 Å². The number of benzene rings is 1. The van der Waals surface area contributed by atoms with E-state index in [-0.39, 0.29) is 5.78 Å². The van der Waals surface area contributed by atoms with Crippen molar-refractivity contribution in [1.29, 1.82) is 0 Å². The summed E-state index contributed by atoms with van der Waals surface area (Å²) >= 11 is 1.57. The molecule has 0 aliphatic heterocycles. The smallest absolute Gasteiger partial charge is 0.194 e. The van der Waals surface area contributed by atoms with Crippen LogP contribution in [-0.4, -0.2) is 20.0 Å². The first-order valence-corrected chi connectivity index (χ1v) is 6.35. The van der Waals surface area contributed by atoms with Crippen LogP contribution in [-0.2, 0) is 0 Å². The third kappa shape index (κ3) is 2.38. The van der Waals surface area contributed by atoms with Crippen LogP contribution in [0.5, 0.6) is 11.5 Å². The van der Waals surface area contributed by atoms with Gasteiger partial charge in [0, 0.05) is 21.4 Å². The Morgan fingerprint density at radius 3 is 2.33 bits per heavy atom. The number of hydrogen-bond acceptors (Lipinski definition) is 4. The Kier molecular flexibility index (Phi) is 3.67. The van der Waals surface area contributed by atoms with Crippen molar-refractivity contribution in [3.63, 3.8) is 0 Å². The Morgan fingerprint density at radius 2 is 1.78 bits per heavy atom. The SMILES string of the molecule is COc1ccc(C(=O)c2csc(C)c2)cc1OC. The largest absolute Gasteiger partial charge is 0.493 e. The van der Waals surface area contributed by atoms with E-state index in [2.05, 4.69) is 0 Å². The zero-order valence-corrected chi connectivity index (χ0v) is 11.3. The molecular weight excluding hydrogens is 248 g/mol. The van der Waals surface area contributed by atoms with Crippen LogP contribution >= 0.6 is 11.3 Å². The van der Waals surface area contributed by atoms with E-state index in [0.29, 0.717) is 22.6 Å². The highest BCUT2D eigenvalue weighted by Crippen LogP contribution is 2.29. The van der Waals surface area contributed by atoms with Gasteiger partial charge in [-0.15, -0.1) is 11.3 Å². The summed E-state index contributed by atoms with van der Waals surface area (Å²) < 4.78 is 10.3. The van der Waals surface area contributed by atoms with Crippen molar-refractivity contribution >= 4 is 17.1 Å². The van der Waals surface area contributed by atoms with Gasteiger partial charge in [-0.25, -0.2) is 0 Å². The third-order valence-electron chi connectivity index (χ3n) is 2.64. The first-order valence-electron chi connectivity index (χ1n) is 5.47. The molecule has 0 radical (unpaired) electrons. The number of carbonyl (C=O) groups excluding carboxylic acids is 1. The molecule has 0 amide bonds. The molecule has 4 heteroatoms. The molecule has 3 nitrogen and oxygen atoms in total. The molecule has 1 heterocycles. The van der Waals surface area contributed by atoms with Gasteiger partial charge in [-0.3, -0.25) is 4.79 Å². The van der Waals surface area contributed by atoms with Gasteiger partial charge < -0.3 is 9.47 Å². The Hall–Kier alpha value is -1.81. The normalized spacial score (nSPS) is 10.2. The van der Waals surface area contributed by atoms with E-state index < -0.39 is 0 Å². The minimum Gasteiger partial charge on any atom is -0.493 e. The molecule has 0 unspecified atom stereocenters. The highest BCUT2D eigenvalue weighted by atomic mass is 32.1. The molecule has 0 bridgehead atoms. The van der Waals surface area contributed by atoms with E-state index in [0.717, 1.165) is 4.88 Å². The van der Waals surface area contributed by atoms with Gasteiger partial charge in [-0.1, -0.05) is 0 Å².